The quantitative estimate of drug-likeness (QED) is 0.823. The number of nitrogens with one attached hydrogen (secondary N) is 1. The molecule has 0 heterocycles. The zero-order valence-electron chi connectivity index (χ0n) is 9.98. The molecule has 96 valence electrons. The third kappa shape index (κ3) is 5.25. The smallest absolute Gasteiger partial charge is 0.215 e. The fraction of sp³-hybridized carbons (Fsp3) is 0.455. The average Bonchev–Trinajstić information content (AvgIpc) is 2.20. The number of sulfonamides is 1. The predicted octanol–water partition coefficient (Wildman–Crippen LogP) is 0.807. The van der Waals surface area contributed by atoms with Crippen molar-refractivity contribution in [1.82, 2.24) is 9.62 Å². The summed E-state index contributed by atoms with van der Waals surface area (Å²) >= 11 is 0. The summed E-state index contributed by atoms with van der Waals surface area (Å²) in [6, 6.07) is 5.88. The topological polar surface area (TPSA) is 49.4 Å². The second-order valence-electron chi connectivity index (χ2n) is 4.05. The minimum atomic E-state index is -3.47. The molecule has 6 heteroatoms. The van der Waals surface area contributed by atoms with Crippen LogP contribution in [0.5, 0.6) is 0 Å². The lowest BCUT2D eigenvalue weighted by molar-refractivity contribution is 0.412. The molecule has 0 spiro atoms. The number of benzene rings is 1. The van der Waals surface area contributed by atoms with Crippen LogP contribution in [0.1, 0.15) is 5.56 Å². The zero-order chi connectivity index (χ0) is 12.9. The molecule has 0 bridgehead atoms. The van der Waals surface area contributed by atoms with Gasteiger partial charge in [-0.25, -0.2) is 17.5 Å². The summed E-state index contributed by atoms with van der Waals surface area (Å²) < 4.78 is 39.0. The summed E-state index contributed by atoms with van der Waals surface area (Å²) in [7, 11) is 0.235. The molecule has 0 amide bonds. The van der Waals surface area contributed by atoms with E-state index < -0.39 is 15.8 Å². The Hall–Kier alpha value is -0.980. The molecular weight excluding hydrogens is 243 g/mol. The first-order valence-corrected chi connectivity index (χ1v) is 6.91. The molecule has 1 rings (SSSR count). The lowest BCUT2D eigenvalue weighted by atomic mass is 10.2. The third-order valence-corrected chi connectivity index (χ3v) is 3.52. The van der Waals surface area contributed by atoms with Crippen molar-refractivity contribution in [3.63, 3.8) is 0 Å². The first kappa shape index (κ1) is 14.1. The maximum Gasteiger partial charge on any atom is 0.215 e. The zero-order valence-corrected chi connectivity index (χ0v) is 10.8. The maximum atomic E-state index is 13.3. The lowest BCUT2D eigenvalue weighted by Crippen LogP contribution is -2.32. The molecule has 0 aliphatic carbocycles. The largest absolute Gasteiger partial charge is 0.308 e. The number of nitrogens with zero attached hydrogens (tertiary/aromatic N) is 1. The van der Waals surface area contributed by atoms with Crippen molar-refractivity contribution in [2.45, 2.75) is 5.75 Å². The van der Waals surface area contributed by atoms with E-state index in [4.69, 9.17) is 0 Å². The van der Waals surface area contributed by atoms with E-state index in [0.29, 0.717) is 13.1 Å². The summed E-state index contributed by atoms with van der Waals surface area (Å²) in [6.45, 7) is 0.931. The first-order valence-electron chi connectivity index (χ1n) is 5.26. The molecule has 0 aliphatic heterocycles. The molecule has 0 radical (unpaired) electrons. The van der Waals surface area contributed by atoms with E-state index in [1.165, 1.54) is 18.2 Å². The second-order valence-corrected chi connectivity index (χ2v) is 5.85. The van der Waals surface area contributed by atoms with Crippen molar-refractivity contribution < 1.29 is 12.8 Å². The Balaban J connectivity index is 2.58. The van der Waals surface area contributed by atoms with Gasteiger partial charge in [-0.1, -0.05) is 18.2 Å². The van der Waals surface area contributed by atoms with Gasteiger partial charge in [0.1, 0.15) is 5.82 Å². The molecule has 4 nitrogen and oxygen atoms in total. The van der Waals surface area contributed by atoms with Crippen LogP contribution < -0.4 is 4.72 Å². The van der Waals surface area contributed by atoms with E-state index >= 15 is 0 Å². The summed E-state index contributed by atoms with van der Waals surface area (Å²) in [5.41, 5.74) is 0.185. The molecular formula is C11H17FN2O2S. The van der Waals surface area contributed by atoms with Crippen LogP contribution in [0.4, 0.5) is 4.39 Å². The summed E-state index contributed by atoms with van der Waals surface area (Å²) in [5.74, 6) is -0.821. The first-order chi connectivity index (χ1) is 7.91. The molecule has 1 aromatic carbocycles. The number of rotatable bonds is 6. The van der Waals surface area contributed by atoms with Crippen molar-refractivity contribution in [2.24, 2.45) is 0 Å². The van der Waals surface area contributed by atoms with Gasteiger partial charge >= 0.3 is 0 Å². The van der Waals surface area contributed by atoms with Gasteiger partial charge in [-0.2, -0.15) is 0 Å². The fourth-order valence-electron chi connectivity index (χ4n) is 1.30. The number of likely N-dealkylation sites (N-methyl/N-ethyl adjacent to an activating group) is 1. The Labute approximate surface area is 101 Å². The van der Waals surface area contributed by atoms with Crippen LogP contribution in [0.3, 0.4) is 0 Å². The van der Waals surface area contributed by atoms with E-state index in [0.717, 1.165) is 0 Å². The maximum absolute atomic E-state index is 13.3. The summed E-state index contributed by atoms with van der Waals surface area (Å²) in [4.78, 5) is 1.87. The van der Waals surface area contributed by atoms with Gasteiger partial charge in [-0.15, -0.1) is 0 Å². The Bertz CT molecular complexity index is 460. The molecule has 1 N–H and O–H groups in total. The minimum absolute atomic E-state index is 0.185. The van der Waals surface area contributed by atoms with E-state index in [1.807, 2.05) is 19.0 Å². The molecule has 0 saturated heterocycles. The highest BCUT2D eigenvalue weighted by molar-refractivity contribution is 7.88. The van der Waals surface area contributed by atoms with Gasteiger partial charge in [-0.3, -0.25) is 0 Å². The standard InChI is InChI=1S/C11H17FN2O2S/c1-14(2)8-7-13-17(15,16)9-10-5-3-4-6-11(10)12/h3-6,13H,7-9H2,1-2H3. The molecule has 0 aliphatic rings. The van der Waals surface area contributed by atoms with Crippen LogP contribution in [0.2, 0.25) is 0 Å². The molecule has 0 aromatic heterocycles. The van der Waals surface area contributed by atoms with E-state index in [-0.39, 0.29) is 11.3 Å². The van der Waals surface area contributed by atoms with Gasteiger partial charge < -0.3 is 4.90 Å². The number of hydrogen-bond acceptors (Lipinski definition) is 3. The predicted molar refractivity (Wildman–Crippen MR) is 65.6 cm³/mol. The molecule has 17 heavy (non-hydrogen) atoms. The number of halogens is 1. The van der Waals surface area contributed by atoms with Gasteiger partial charge in [0.2, 0.25) is 10.0 Å². The van der Waals surface area contributed by atoms with Crippen molar-refractivity contribution in [3.05, 3.63) is 35.6 Å². The highest BCUT2D eigenvalue weighted by atomic mass is 32.2. The van der Waals surface area contributed by atoms with Crippen molar-refractivity contribution in [3.8, 4) is 0 Å². The molecule has 0 saturated carbocycles. The van der Waals surface area contributed by atoms with Crippen molar-refractivity contribution >= 4 is 10.0 Å². The minimum Gasteiger partial charge on any atom is -0.308 e. The van der Waals surface area contributed by atoms with Crippen LogP contribution in [-0.2, 0) is 15.8 Å². The second kappa shape index (κ2) is 6.09. The van der Waals surface area contributed by atoms with Crippen molar-refractivity contribution in [1.29, 1.82) is 0 Å². The fourth-order valence-corrected chi connectivity index (χ4v) is 2.44. The summed E-state index contributed by atoms with van der Waals surface area (Å²) in [6.07, 6.45) is 0. The van der Waals surface area contributed by atoms with E-state index in [2.05, 4.69) is 4.72 Å². The van der Waals surface area contributed by atoms with Gasteiger partial charge in [0, 0.05) is 18.7 Å². The van der Waals surface area contributed by atoms with Crippen molar-refractivity contribution in [2.75, 3.05) is 27.2 Å². The van der Waals surface area contributed by atoms with Crippen LogP contribution in [0.15, 0.2) is 24.3 Å². The van der Waals surface area contributed by atoms with Crippen LogP contribution >= 0.6 is 0 Å². The van der Waals surface area contributed by atoms with E-state index in [1.54, 1.807) is 6.07 Å². The molecule has 0 atom stereocenters. The lowest BCUT2D eigenvalue weighted by Gasteiger charge is -2.11. The Morgan fingerprint density at radius 2 is 1.94 bits per heavy atom. The number of hydrogen-bond donors (Lipinski definition) is 1. The SMILES string of the molecule is CN(C)CCNS(=O)(=O)Cc1ccccc1F. The van der Waals surface area contributed by atoms with Crippen LogP contribution in [0.25, 0.3) is 0 Å². The van der Waals surface area contributed by atoms with Gasteiger partial charge in [0.05, 0.1) is 5.75 Å². The van der Waals surface area contributed by atoms with Gasteiger partial charge in [-0.05, 0) is 20.2 Å². The monoisotopic (exact) mass is 260 g/mol. The van der Waals surface area contributed by atoms with E-state index in [9.17, 15) is 12.8 Å². The molecule has 0 unspecified atom stereocenters. The normalized spacial score (nSPS) is 12.0. The van der Waals surface area contributed by atoms with Crippen LogP contribution in [0, 0.1) is 5.82 Å². The highest BCUT2D eigenvalue weighted by Crippen LogP contribution is 2.09. The Morgan fingerprint density at radius 1 is 1.29 bits per heavy atom. The highest BCUT2D eigenvalue weighted by Gasteiger charge is 2.13. The Morgan fingerprint density at radius 3 is 2.53 bits per heavy atom. The molecule has 1 aromatic rings. The van der Waals surface area contributed by atoms with Gasteiger partial charge in [0.25, 0.3) is 0 Å². The Kier molecular flexibility index (Phi) is 5.04. The third-order valence-electron chi connectivity index (χ3n) is 2.18. The van der Waals surface area contributed by atoms with Gasteiger partial charge in [0.15, 0.2) is 0 Å². The summed E-state index contributed by atoms with van der Waals surface area (Å²) in [5, 5.41) is 0. The molecule has 0 fully saturated rings. The van der Waals surface area contributed by atoms with Crippen LogP contribution in [-0.4, -0.2) is 40.5 Å². The average molecular weight is 260 g/mol.